The summed E-state index contributed by atoms with van der Waals surface area (Å²) in [5.41, 5.74) is 0.0877. The maximum atomic E-state index is 13.7. The second-order valence-electron chi connectivity index (χ2n) is 8.89. The lowest BCUT2D eigenvalue weighted by Gasteiger charge is -2.14. The number of hydrogen-bond acceptors (Lipinski definition) is 9. The van der Waals surface area contributed by atoms with Crippen LogP contribution in [0, 0.1) is 22.9 Å². The minimum Gasteiger partial charge on any atom is -0.437 e. The van der Waals surface area contributed by atoms with Gasteiger partial charge in [0, 0.05) is 44.5 Å². The molecule has 0 saturated carbocycles. The Hall–Kier alpha value is -3.92. The maximum absolute atomic E-state index is 13.7. The number of rotatable bonds is 12. The monoisotopic (exact) mass is 577 g/mol. The molecule has 0 unspecified atom stereocenters. The molecule has 214 valence electrons. The Labute approximate surface area is 229 Å². The first-order valence-corrected chi connectivity index (χ1v) is 13.8. The third-order valence-corrected chi connectivity index (χ3v) is 7.58. The summed E-state index contributed by atoms with van der Waals surface area (Å²) in [4.78, 5) is 23.2. The van der Waals surface area contributed by atoms with Crippen LogP contribution in [0.4, 0.5) is 10.1 Å². The van der Waals surface area contributed by atoms with Crippen molar-refractivity contribution in [2.45, 2.75) is 30.8 Å². The van der Waals surface area contributed by atoms with Crippen molar-refractivity contribution in [3.8, 4) is 17.3 Å². The van der Waals surface area contributed by atoms with Crippen molar-refractivity contribution in [3.05, 3.63) is 69.7 Å². The van der Waals surface area contributed by atoms with Gasteiger partial charge in [0.05, 0.1) is 23.3 Å². The quantitative estimate of drug-likeness (QED) is 0.187. The van der Waals surface area contributed by atoms with Crippen LogP contribution in [0.25, 0.3) is 5.69 Å². The summed E-state index contributed by atoms with van der Waals surface area (Å²) in [7, 11) is -2.90. The van der Waals surface area contributed by atoms with Gasteiger partial charge >= 0.3 is 0 Å². The molecule has 1 amide bonds. The average Bonchev–Trinajstić information content (AvgIpc) is 3.56. The fourth-order valence-electron chi connectivity index (χ4n) is 4.03. The van der Waals surface area contributed by atoms with E-state index in [1.54, 1.807) is 6.92 Å². The fourth-order valence-corrected chi connectivity index (χ4v) is 5.19. The highest BCUT2D eigenvalue weighted by atomic mass is 32.2. The Morgan fingerprint density at radius 2 is 2.02 bits per heavy atom. The van der Waals surface area contributed by atoms with Gasteiger partial charge in [-0.05, 0) is 50.1 Å². The normalized spacial score (nSPS) is 15.2. The zero-order valence-corrected chi connectivity index (χ0v) is 22.6. The largest absolute Gasteiger partial charge is 0.437 e. The second-order valence-corrected chi connectivity index (χ2v) is 10.6. The molecule has 0 radical (unpaired) electrons. The van der Waals surface area contributed by atoms with Crippen molar-refractivity contribution in [1.29, 1.82) is 0 Å². The number of carbonyl (C=O) groups is 1. The van der Waals surface area contributed by atoms with Crippen LogP contribution in [0.5, 0.6) is 11.6 Å². The first-order valence-electron chi connectivity index (χ1n) is 12.3. The molecule has 1 saturated heterocycles. The number of ether oxygens (including phenoxy) is 3. The molecule has 1 atom stereocenters. The molecular formula is C25H28FN5O8S. The number of carbonyl (C=O) groups excluding carboxylic acids is 1. The molecule has 1 fully saturated rings. The van der Waals surface area contributed by atoms with Gasteiger partial charge in [0.2, 0.25) is 15.9 Å². The number of methoxy groups -OCH3 is 1. The number of sulfonamides is 1. The van der Waals surface area contributed by atoms with E-state index < -0.39 is 37.3 Å². The number of hydrogen-bond donors (Lipinski definition) is 2. The molecule has 1 aliphatic heterocycles. The van der Waals surface area contributed by atoms with Crippen LogP contribution in [-0.2, 0) is 19.5 Å². The third-order valence-electron chi connectivity index (χ3n) is 6.10. The highest BCUT2D eigenvalue weighted by Gasteiger charge is 2.28. The zero-order valence-electron chi connectivity index (χ0n) is 21.8. The molecule has 4 rings (SSSR count). The third kappa shape index (κ3) is 6.62. The summed E-state index contributed by atoms with van der Waals surface area (Å²) < 4.78 is 59.8. The van der Waals surface area contributed by atoms with Crippen molar-refractivity contribution in [2.75, 3.05) is 33.4 Å². The van der Waals surface area contributed by atoms with E-state index in [0.717, 1.165) is 31.0 Å². The van der Waals surface area contributed by atoms with Crippen LogP contribution in [0.15, 0.2) is 47.4 Å². The van der Waals surface area contributed by atoms with E-state index in [2.05, 4.69) is 15.1 Å². The summed E-state index contributed by atoms with van der Waals surface area (Å²) in [6.07, 6.45) is 1.60. The molecule has 2 aromatic carbocycles. The van der Waals surface area contributed by atoms with Gasteiger partial charge in [0.1, 0.15) is 16.5 Å². The molecule has 0 aliphatic carbocycles. The molecule has 1 aromatic heterocycles. The van der Waals surface area contributed by atoms with E-state index in [9.17, 15) is 27.7 Å². The number of nitro benzene ring substituents is 1. The molecule has 13 nitrogen and oxygen atoms in total. The SMILES string of the molecule is COCCNS(=O)(=O)c1cc([N+](=O)[O-])ccc1Oc1c(C)c(C(=O)NC[C@@H]2CCCO2)nn1-c1ccc(F)cc1. The van der Waals surface area contributed by atoms with Crippen molar-refractivity contribution in [2.24, 2.45) is 0 Å². The van der Waals surface area contributed by atoms with Gasteiger partial charge in [-0.2, -0.15) is 9.78 Å². The van der Waals surface area contributed by atoms with E-state index in [1.165, 1.54) is 36.1 Å². The van der Waals surface area contributed by atoms with E-state index in [1.807, 2.05) is 0 Å². The Morgan fingerprint density at radius 1 is 1.27 bits per heavy atom. The predicted octanol–water partition coefficient (Wildman–Crippen LogP) is 2.85. The zero-order chi connectivity index (χ0) is 28.9. The minimum absolute atomic E-state index is 0.0122. The topological polar surface area (TPSA) is 164 Å². The van der Waals surface area contributed by atoms with Crippen molar-refractivity contribution >= 4 is 21.6 Å². The van der Waals surface area contributed by atoms with Gasteiger partial charge in [0.25, 0.3) is 11.6 Å². The minimum atomic E-state index is -4.29. The lowest BCUT2D eigenvalue weighted by molar-refractivity contribution is -0.385. The summed E-state index contributed by atoms with van der Waals surface area (Å²) >= 11 is 0. The predicted molar refractivity (Wildman–Crippen MR) is 140 cm³/mol. The van der Waals surface area contributed by atoms with Gasteiger partial charge in [-0.3, -0.25) is 14.9 Å². The number of nitrogens with one attached hydrogen (secondary N) is 2. The lowest BCUT2D eigenvalue weighted by atomic mass is 10.2. The van der Waals surface area contributed by atoms with E-state index in [0.29, 0.717) is 12.3 Å². The van der Waals surface area contributed by atoms with Gasteiger partial charge in [0.15, 0.2) is 5.69 Å². The number of non-ortho nitro benzene ring substituents is 1. The van der Waals surface area contributed by atoms with Crippen LogP contribution < -0.4 is 14.8 Å². The molecular weight excluding hydrogens is 549 g/mol. The molecule has 0 spiro atoms. The van der Waals surface area contributed by atoms with E-state index in [4.69, 9.17) is 14.2 Å². The molecule has 2 heterocycles. The highest BCUT2D eigenvalue weighted by Crippen LogP contribution is 2.35. The number of aromatic nitrogens is 2. The Balaban J connectivity index is 1.76. The Kier molecular flexibility index (Phi) is 9.09. The van der Waals surface area contributed by atoms with E-state index in [-0.39, 0.29) is 48.7 Å². The van der Waals surface area contributed by atoms with Gasteiger partial charge in [-0.15, -0.1) is 0 Å². The maximum Gasteiger partial charge on any atom is 0.272 e. The van der Waals surface area contributed by atoms with Gasteiger partial charge in [-0.1, -0.05) is 0 Å². The Bertz CT molecular complexity index is 1490. The number of nitrogens with zero attached hydrogens (tertiary/aromatic N) is 3. The molecule has 3 aromatic rings. The number of benzene rings is 2. The summed E-state index contributed by atoms with van der Waals surface area (Å²) in [5.74, 6) is -1.32. The summed E-state index contributed by atoms with van der Waals surface area (Å²) in [5, 5.41) is 18.6. The van der Waals surface area contributed by atoms with Crippen LogP contribution in [-0.4, -0.2) is 68.5 Å². The Morgan fingerprint density at radius 3 is 2.67 bits per heavy atom. The molecule has 2 N–H and O–H groups in total. The lowest BCUT2D eigenvalue weighted by Crippen LogP contribution is -2.32. The first kappa shape index (κ1) is 29.1. The van der Waals surface area contributed by atoms with Crippen molar-refractivity contribution in [3.63, 3.8) is 0 Å². The number of halogens is 1. The van der Waals surface area contributed by atoms with Crippen molar-refractivity contribution < 1.29 is 36.7 Å². The number of amides is 1. The summed E-state index contributed by atoms with van der Waals surface area (Å²) in [6.45, 7) is 2.42. The molecule has 15 heteroatoms. The first-order chi connectivity index (χ1) is 19.1. The number of nitro groups is 1. The van der Waals surface area contributed by atoms with Gasteiger partial charge < -0.3 is 19.5 Å². The molecule has 0 bridgehead atoms. The molecule has 1 aliphatic rings. The summed E-state index contributed by atoms with van der Waals surface area (Å²) in [6, 6.07) is 8.29. The smallest absolute Gasteiger partial charge is 0.272 e. The molecule has 40 heavy (non-hydrogen) atoms. The second kappa shape index (κ2) is 12.5. The van der Waals surface area contributed by atoms with E-state index >= 15 is 0 Å². The van der Waals surface area contributed by atoms with Crippen molar-refractivity contribution in [1.82, 2.24) is 19.8 Å². The van der Waals surface area contributed by atoms with Gasteiger partial charge in [-0.25, -0.2) is 17.5 Å². The van der Waals surface area contributed by atoms with Crippen LogP contribution in [0.2, 0.25) is 0 Å². The average molecular weight is 578 g/mol. The fraction of sp³-hybridized carbons (Fsp3) is 0.360. The van der Waals surface area contributed by atoms with Crippen LogP contribution in [0.3, 0.4) is 0 Å². The van der Waals surface area contributed by atoms with Crippen LogP contribution >= 0.6 is 0 Å². The standard InChI is InChI=1S/C25H28FN5O8S/c1-16-23(24(32)27-15-20-4-3-12-38-20)29-30(18-7-5-17(26)6-8-18)25(16)39-21-10-9-19(31(33)34)14-22(21)40(35,36)28-11-13-37-2/h5-10,14,20,28H,3-4,11-13,15H2,1-2H3,(H,27,32)/t20-/m0/s1. The van der Waals surface area contributed by atoms with Crippen LogP contribution in [0.1, 0.15) is 28.9 Å². The highest BCUT2D eigenvalue weighted by molar-refractivity contribution is 7.89.